The summed E-state index contributed by atoms with van der Waals surface area (Å²) in [5.41, 5.74) is 1.11. The van der Waals surface area contributed by atoms with Gasteiger partial charge in [0.05, 0.1) is 70.8 Å². The van der Waals surface area contributed by atoms with E-state index in [9.17, 15) is 38.4 Å². The molecule has 0 bridgehead atoms. The number of aromatic nitrogens is 1. The highest BCUT2D eigenvalue weighted by atomic mass is 32.1. The number of likely N-dealkylation sites (N-methyl/N-ethyl adjacent to an activating group) is 1. The predicted octanol–water partition coefficient (Wildman–Crippen LogP) is 6.04. The molecule has 3 heterocycles. The topological polar surface area (TPSA) is 247 Å². The minimum absolute atomic E-state index is 0.0320. The van der Waals surface area contributed by atoms with Gasteiger partial charge in [0.25, 0.3) is 11.8 Å². The van der Waals surface area contributed by atoms with Gasteiger partial charge < -0.3 is 49.3 Å². The van der Waals surface area contributed by atoms with Crippen LogP contribution in [0.4, 0.5) is 5.69 Å². The lowest BCUT2D eigenvalue weighted by atomic mass is 9.83. The van der Waals surface area contributed by atoms with Crippen molar-refractivity contribution >= 4 is 64.2 Å². The lowest BCUT2D eigenvalue weighted by molar-refractivity contribution is -0.149. The number of amides is 4. The Kier molecular flexibility index (Phi) is 29.2. The van der Waals surface area contributed by atoms with Crippen LogP contribution < -0.4 is 20.7 Å². The van der Waals surface area contributed by atoms with Crippen LogP contribution in [0.5, 0.6) is 5.75 Å². The Labute approximate surface area is 464 Å². The number of hydrogen-bond donors (Lipinski definition) is 3. The molecule has 0 aliphatic carbocycles. The van der Waals surface area contributed by atoms with Crippen LogP contribution in [0.3, 0.4) is 0 Å². The van der Waals surface area contributed by atoms with Gasteiger partial charge in [-0.1, -0.05) is 59.9 Å². The van der Waals surface area contributed by atoms with Crippen LogP contribution >= 0.6 is 11.3 Å². The largest absolute Gasteiger partial charge is 0.455 e. The summed E-state index contributed by atoms with van der Waals surface area (Å²) in [6.07, 6.45) is 5.13. The van der Waals surface area contributed by atoms with E-state index in [1.165, 1.54) is 18.3 Å². The third kappa shape index (κ3) is 23.0. The van der Waals surface area contributed by atoms with Gasteiger partial charge >= 0.3 is 11.9 Å². The summed E-state index contributed by atoms with van der Waals surface area (Å²) in [5.74, 6) is 1.10. The fourth-order valence-electron chi connectivity index (χ4n) is 9.28. The number of nitrogens with one attached hydrogen (secondary N) is 3. The van der Waals surface area contributed by atoms with Gasteiger partial charge in [-0.15, -0.1) is 11.3 Å². The van der Waals surface area contributed by atoms with Crippen LogP contribution in [0.1, 0.15) is 146 Å². The van der Waals surface area contributed by atoms with Crippen molar-refractivity contribution in [1.29, 1.82) is 0 Å². The molecule has 1 aromatic carbocycles. The Morgan fingerprint density at radius 3 is 2.29 bits per heavy atom. The molecule has 2 aromatic rings. The number of hydrogen-bond acceptors (Lipinski definition) is 17. The van der Waals surface area contributed by atoms with E-state index >= 15 is 0 Å². The summed E-state index contributed by atoms with van der Waals surface area (Å²) >= 11 is 1.19. The number of ketones is 2. The maximum atomic E-state index is 14.4. The van der Waals surface area contributed by atoms with E-state index in [0.29, 0.717) is 24.3 Å². The standard InChI is InChI=1S/C57H84N6O14S/c1-9-14-42(33-41-17-19-50-45(34-41)60-53(68)21-26-73-31-32-75-28-23-58-52(67)20-18-43(65)15-13-25-72-29-30-74-27-22-54(69)77-50)59-55(70)46-37-78-56(61-46)51(76-40(6)64)36-48(38(3)4)63(8)57(71)44(39(5)10-2)35-49(66)47-16-11-12-24-62(47)7/h17,19,34,37-39,42,44,47-48,51H,9-16,21-33,35-36H2,1-8H3,(H,58,67)(H,59,70)(H,60,68)/t39-,42+,44-,47+,48+,51+/m0/s1. The smallest absolute Gasteiger partial charge is 0.313 e. The second-order valence-electron chi connectivity index (χ2n) is 20.3. The molecule has 2 aliphatic rings. The van der Waals surface area contributed by atoms with E-state index in [0.717, 1.165) is 44.2 Å². The molecule has 1 aromatic heterocycles. The summed E-state index contributed by atoms with van der Waals surface area (Å²) in [6, 6.07) is 4.07. The Hall–Kier alpha value is -5.63. The lowest BCUT2D eigenvalue weighted by Crippen LogP contribution is -2.48. The second-order valence-corrected chi connectivity index (χ2v) is 21.2. The number of benzene rings is 1. The van der Waals surface area contributed by atoms with Gasteiger partial charge in [-0.2, -0.15) is 0 Å². The van der Waals surface area contributed by atoms with Crippen LogP contribution in [0.25, 0.3) is 0 Å². The number of esters is 2. The number of carbonyl (C=O) groups excluding carboxylic acids is 8. The van der Waals surface area contributed by atoms with Crippen molar-refractivity contribution in [3.63, 3.8) is 0 Å². The first-order chi connectivity index (χ1) is 37.4. The van der Waals surface area contributed by atoms with E-state index in [1.807, 2.05) is 41.7 Å². The first kappa shape index (κ1) is 64.9. The van der Waals surface area contributed by atoms with Crippen LogP contribution in [-0.2, 0) is 63.7 Å². The molecule has 78 heavy (non-hydrogen) atoms. The van der Waals surface area contributed by atoms with Crippen molar-refractivity contribution in [2.45, 2.75) is 149 Å². The average molecular weight is 1110 g/mol. The molecule has 20 nitrogen and oxygen atoms in total. The molecule has 0 unspecified atom stereocenters. The zero-order valence-corrected chi connectivity index (χ0v) is 47.9. The molecule has 1 fully saturated rings. The maximum Gasteiger partial charge on any atom is 0.313 e. The molecule has 4 amide bonds. The van der Waals surface area contributed by atoms with Gasteiger partial charge in [0.15, 0.2) is 17.6 Å². The zero-order valence-electron chi connectivity index (χ0n) is 47.1. The molecule has 6 atom stereocenters. The van der Waals surface area contributed by atoms with E-state index in [-0.39, 0.29) is 150 Å². The number of piperidine rings is 1. The van der Waals surface area contributed by atoms with Gasteiger partial charge in [-0.25, -0.2) is 4.98 Å². The zero-order chi connectivity index (χ0) is 57.0. The molecule has 3 N–H and O–H groups in total. The first-order valence-electron chi connectivity index (χ1n) is 27.6. The Bertz CT molecular complexity index is 2350. The van der Waals surface area contributed by atoms with Crippen molar-refractivity contribution in [2.75, 3.05) is 85.4 Å². The normalized spacial score (nSPS) is 19.6. The van der Waals surface area contributed by atoms with E-state index in [4.69, 9.17) is 33.4 Å². The summed E-state index contributed by atoms with van der Waals surface area (Å²) in [4.78, 5) is 113. The van der Waals surface area contributed by atoms with Gasteiger partial charge in [0, 0.05) is 75.7 Å². The fraction of sp³-hybridized carbons (Fsp3) is 0.667. The Balaban J connectivity index is 1.45. The Morgan fingerprint density at radius 2 is 1.62 bits per heavy atom. The SMILES string of the molecule is CCC[C@H](Cc1ccc2c(c1)NC(=O)CCOCCOCCNC(=O)C#CC(=O)CCCOCCOCCC(=O)O2)NC(=O)c1csc([C@@H](C[C@H](C(C)C)N(C)C(=O)[C@@H](CC(=O)[C@H]2CCCCN2C)[C@@H](C)CC)OC(C)=O)n1. The van der Waals surface area contributed by atoms with Crippen molar-refractivity contribution < 1.29 is 66.8 Å². The molecule has 21 heteroatoms. The molecular weight excluding hydrogens is 1020 g/mol. The Morgan fingerprint density at radius 1 is 0.910 bits per heavy atom. The quantitative estimate of drug-likeness (QED) is 0.0666. The highest BCUT2D eigenvalue weighted by molar-refractivity contribution is 7.09. The molecule has 4 rings (SSSR count). The minimum atomic E-state index is -0.864. The molecule has 0 saturated carbocycles. The van der Waals surface area contributed by atoms with Gasteiger partial charge in [-0.3, -0.25) is 43.3 Å². The lowest BCUT2D eigenvalue weighted by Gasteiger charge is -2.37. The number of rotatable bonds is 18. The molecule has 1 saturated heterocycles. The molecule has 0 radical (unpaired) electrons. The van der Waals surface area contributed by atoms with Crippen LogP contribution in [0.15, 0.2) is 23.6 Å². The monoisotopic (exact) mass is 1110 g/mol. The average Bonchev–Trinajstić information content (AvgIpc) is 3.91. The number of thiazole rings is 1. The number of anilines is 1. The fourth-order valence-corrected chi connectivity index (χ4v) is 10.1. The number of nitrogens with zero attached hydrogens (tertiary/aromatic N) is 3. The van der Waals surface area contributed by atoms with Crippen molar-refractivity contribution in [2.24, 2.45) is 17.8 Å². The van der Waals surface area contributed by atoms with Crippen molar-refractivity contribution in [1.82, 2.24) is 25.4 Å². The molecule has 2 aliphatic heterocycles. The third-order valence-electron chi connectivity index (χ3n) is 13.8. The van der Waals surface area contributed by atoms with Crippen LogP contribution in [0.2, 0.25) is 0 Å². The molecule has 432 valence electrons. The van der Waals surface area contributed by atoms with Crippen LogP contribution in [-0.4, -0.2) is 160 Å². The van der Waals surface area contributed by atoms with Gasteiger partial charge in [-0.05, 0) is 81.1 Å². The highest BCUT2D eigenvalue weighted by Crippen LogP contribution is 2.33. The number of carbonyl (C=O) groups is 8. The van der Waals surface area contributed by atoms with Crippen molar-refractivity contribution in [3.8, 4) is 17.6 Å². The van der Waals surface area contributed by atoms with E-state index in [2.05, 4.69) is 32.7 Å². The first-order valence-corrected chi connectivity index (χ1v) is 28.5. The number of ether oxygens (including phenoxy) is 6. The minimum Gasteiger partial charge on any atom is -0.455 e. The number of fused-ring (bicyclic) bond motifs is 1. The van der Waals surface area contributed by atoms with Gasteiger partial charge in [0.1, 0.15) is 10.7 Å². The summed E-state index contributed by atoms with van der Waals surface area (Å²) in [7, 11) is 3.73. The number of Topliss-reactive ketones (excluding diaryl/α,β-unsaturated/α-hetero) is 2. The van der Waals surface area contributed by atoms with Crippen molar-refractivity contribution in [3.05, 3.63) is 39.8 Å². The molecule has 0 spiro atoms. The van der Waals surface area contributed by atoms with E-state index in [1.54, 1.807) is 35.5 Å². The maximum absolute atomic E-state index is 14.4. The summed E-state index contributed by atoms with van der Waals surface area (Å²) in [6.45, 7) is 13.8. The number of likely N-dealkylation sites (tertiary alicyclic amines) is 1. The summed E-state index contributed by atoms with van der Waals surface area (Å²) < 4.78 is 33.7. The third-order valence-corrected chi connectivity index (χ3v) is 14.8. The van der Waals surface area contributed by atoms with E-state index < -0.39 is 47.7 Å². The van der Waals surface area contributed by atoms with Gasteiger partial charge in [0.2, 0.25) is 17.6 Å². The highest BCUT2D eigenvalue weighted by Gasteiger charge is 2.38. The second kappa shape index (κ2) is 35.1. The molecular formula is C57H84N6O14S. The summed E-state index contributed by atoms with van der Waals surface area (Å²) in [5, 5.41) is 10.5. The van der Waals surface area contributed by atoms with Crippen LogP contribution in [0, 0.1) is 29.6 Å². The predicted molar refractivity (Wildman–Crippen MR) is 294 cm³/mol.